The lowest BCUT2D eigenvalue weighted by atomic mass is 10.2. The molecule has 1 N–H and O–H groups in total. The second kappa shape index (κ2) is 6.89. The minimum atomic E-state index is -0.0326. The van der Waals surface area contributed by atoms with Gasteiger partial charge in [-0.15, -0.1) is 0 Å². The van der Waals surface area contributed by atoms with Crippen LogP contribution >= 0.6 is 0 Å². The molecule has 0 aliphatic rings. The summed E-state index contributed by atoms with van der Waals surface area (Å²) in [4.78, 5) is 14.3. The number of hydrogen-bond acceptors (Lipinski definition) is 3. The highest BCUT2D eigenvalue weighted by Gasteiger charge is 2.18. The van der Waals surface area contributed by atoms with Gasteiger partial charge in [-0.3, -0.25) is 9.69 Å². The Balaban J connectivity index is 1.66. The van der Waals surface area contributed by atoms with Crippen molar-refractivity contribution < 1.29 is 9.21 Å². The average molecular weight is 322 g/mol. The molecule has 0 aliphatic carbocycles. The van der Waals surface area contributed by atoms with Crippen LogP contribution in [0, 0.1) is 6.92 Å². The van der Waals surface area contributed by atoms with Crippen molar-refractivity contribution in [3.63, 3.8) is 0 Å². The molecule has 1 heterocycles. The lowest BCUT2D eigenvalue weighted by molar-refractivity contribution is -0.117. The normalized spacial score (nSPS) is 12.5. The molecular formula is C20H22N2O2. The summed E-state index contributed by atoms with van der Waals surface area (Å²) >= 11 is 0. The molecule has 0 unspecified atom stereocenters. The smallest absolute Gasteiger partial charge is 0.238 e. The summed E-state index contributed by atoms with van der Waals surface area (Å²) in [6.45, 7) is 4.32. The molecule has 0 saturated heterocycles. The van der Waals surface area contributed by atoms with E-state index in [1.807, 2.05) is 80.4 Å². The Bertz CT molecular complexity index is 820. The molecule has 0 fully saturated rings. The van der Waals surface area contributed by atoms with Crippen LogP contribution in [0.5, 0.6) is 0 Å². The Morgan fingerprint density at radius 1 is 1.17 bits per heavy atom. The Kier molecular flexibility index (Phi) is 4.67. The number of nitrogens with zero attached hydrogens (tertiary/aromatic N) is 1. The molecular weight excluding hydrogens is 300 g/mol. The molecule has 0 radical (unpaired) electrons. The van der Waals surface area contributed by atoms with Crippen LogP contribution in [0.1, 0.15) is 24.3 Å². The van der Waals surface area contributed by atoms with Gasteiger partial charge in [-0.05, 0) is 44.7 Å². The largest absolute Gasteiger partial charge is 0.459 e. The summed E-state index contributed by atoms with van der Waals surface area (Å²) in [5.41, 5.74) is 2.78. The summed E-state index contributed by atoms with van der Waals surface area (Å²) in [5.74, 6) is 0.831. The molecule has 0 saturated carbocycles. The average Bonchev–Trinajstić information content (AvgIpc) is 3.00. The van der Waals surface area contributed by atoms with E-state index in [4.69, 9.17) is 4.42 Å². The van der Waals surface area contributed by atoms with E-state index in [1.165, 1.54) is 0 Å². The summed E-state index contributed by atoms with van der Waals surface area (Å²) in [6.07, 6.45) is 0. The van der Waals surface area contributed by atoms with E-state index < -0.39 is 0 Å². The fraction of sp³-hybridized carbons (Fsp3) is 0.250. The van der Waals surface area contributed by atoms with Crippen LogP contribution in [0.15, 0.2) is 59.0 Å². The predicted octanol–water partition coefficient (Wildman–Crippen LogP) is 4.37. The van der Waals surface area contributed by atoms with Crippen LogP contribution in [0.2, 0.25) is 0 Å². The van der Waals surface area contributed by atoms with Crippen molar-refractivity contribution in [2.75, 3.05) is 18.9 Å². The zero-order valence-corrected chi connectivity index (χ0v) is 14.2. The van der Waals surface area contributed by atoms with Crippen molar-refractivity contribution >= 4 is 22.6 Å². The van der Waals surface area contributed by atoms with Gasteiger partial charge in [0.15, 0.2) is 0 Å². The third-order valence-electron chi connectivity index (χ3n) is 4.33. The Morgan fingerprint density at radius 3 is 2.62 bits per heavy atom. The second-order valence-corrected chi connectivity index (χ2v) is 6.14. The molecule has 3 aromatic rings. The summed E-state index contributed by atoms with van der Waals surface area (Å²) in [7, 11) is 1.93. The van der Waals surface area contributed by atoms with Gasteiger partial charge in [-0.1, -0.05) is 36.4 Å². The van der Waals surface area contributed by atoms with Crippen molar-refractivity contribution in [1.82, 2.24) is 4.90 Å². The number of carbonyl (C=O) groups is 1. The zero-order chi connectivity index (χ0) is 17.1. The van der Waals surface area contributed by atoms with E-state index in [1.54, 1.807) is 0 Å². The summed E-state index contributed by atoms with van der Waals surface area (Å²) in [5, 5.41) is 4.04. The maximum Gasteiger partial charge on any atom is 0.238 e. The van der Waals surface area contributed by atoms with E-state index in [0.29, 0.717) is 6.54 Å². The number of hydrogen-bond donors (Lipinski definition) is 1. The Hall–Kier alpha value is -2.59. The minimum Gasteiger partial charge on any atom is -0.459 e. The minimum absolute atomic E-state index is 0.0139. The highest BCUT2D eigenvalue weighted by atomic mass is 16.3. The molecule has 4 nitrogen and oxygen atoms in total. The van der Waals surface area contributed by atoms with Gasteiger partial charge in [0.1, 0.15) is 11.3 Å². The third kappa shape index (κ3) is 3.49. The maximum atomic E-state index is 12.3. The van der Waals surface area contributed by atoms with E-state index in [-0.39, 0.29) is 11.9 Å². The highest BCUT2D eigenvalue weighted by molar-refractivity contribution is 5.93. The lowest BCUT2D eigenvalue weighted by Gasteiger charge is -2.22. The van der Waals surface area contributed by atoms with Crippen LogP contribution in [-0.4, -0.2) is 24.4 Å². The standard InChI is InChI=1S/C20H22N2O2/c1-14-8-4-6-10-17(14)21-20(23)13-22(3)15(2)19-12-16-9-5-7-11-18(16)24-19/h4-12,15H,13H2,1-3H3,(H,21,23)/t15-/m0/s1. The van der Waals surface area contributed by atoms with Crippen LogP contribution in [0.25, 0.3) is 11.0 Å². The topological polar surface area (TPSA) is 45.5 Å². The first-order chi connectivity index (χ1) is 11.5. The van der Waals surface area contributed by atoms with Crippen molar-refractivity contribution in [2.45, 2.75) is 19.9 Å². The fourth-order valence-electron chi connectivity index (χ4n) is 2.69. The fourth-order valence-corrected chi connectivity index (χ4v) is 2.69. The van der Waals surface area contributed by atoms with Crippen molar-refractivity contribution in [3.8, 4) is 0 Å². The number of furan rings is 1. The quantitative estimate of drug-likeness (QED) is 0.758. The summed E-state index contributed by atoms with van der Waals surface area (Å²) in [6, 6.07) is 17.8. The molecule has 3 rings (SSSR count). The van der Waals surface area contributed by atoms with Gasteiger partial charge >= 0.3 is 0 Å². The Labute approximate surface area is 142 Å². The maximum absolute atomic E-state index is 12.3. The van der Waals surface area contributed by atoms with Gasteiger partial charge in [0.25, 0.3) is 0 Å². The van der Waals surface area contributed by atoms with Crippen molar-refractivity contribution in [1.29, 1.82) is 0 Å². The molecule has 0 spiro atoms. The zero-order valence-electron chi connectivity index (χ0n) is 14.2. The number of fused-ring (bicyclic) bond motifs is 1. The number of benzene rings is 2. The number of likely N-dealkylation sites (N-methyl/N-ethyl adjacent to an activating group) is 1. The predicted molar refractivity (Wildman–Crippen MR) is 97.1 cm³/mol. The lowest BCUT2D eigenvalue weighted by Crippen LogP contribution is -2.32. The van der Waals surface area contributed by atoms with E-state index in [2.05, 4.69) is 5.32 Å². The number of amides is 1. The van der Waals surface area contributed by atoms with E-state index in [0.717, 1.165) is 28.0 Å². The molecule has 0 bridgehead atoms. The molecule has 124 valence electrons. The molecule has 0 aliphatic heterocycles. The van der Waals surface area contributed by atoms with Gasteiger partial charge in [-0.25, -0.2) is 0 Å². The van der Waals surface area contributed by atoms with Crippen molar-refractivity contribution in [2.24, 2.45) is 0 Å². The first-order valence-corrected chi connectivity index (χ1v) is 8.09. The van der Waals surface area contributed by atoms with E-state index >= 15 is 0 Å². The second-order valence-electron chi connectivity index (χ2n) is 6.14. The monoisotopic (exact) mass is 322 g/mol. The Morgan fingerprint density at radius 2 is 1.88 bits per heavy atom. The summed E-state index contributed by atoms with van der Waals surface area (Å²) < 4.78 is 5.90. The number of anilines is 1. The number of aryl methyl sites for hydroxylation is 1. The van der Waals surface area contributed by atoms with Crippen LogP contribution in [0.3, 0.4) is 0 Å². The van der Waals surface area contributed by atoms with Crippen LogP contribution in [0.4, 0.5) is 5.69 Å². The van der Waals surface area contributed by atoms with Crippen LogP contribution < -0.4 is 5.32 Å². The van der Waals surface area contributed by atoms with Crippen molar-refractivity contribution in [3.05, 3.63) is 65.9 Å². The van der Waals surface area contributed by atoms with Crippen LogP contribution in [-0.2, 0) is 4.79 Å². The number of para-hydroxylation sites is 2. The number of carbonyl (C=O) groups excluding carboxylic acids is 1. The molecule has 2 aromatic carbocycles. The molecule has 1 aromatic heterocycles. The highest BCUT2D eigenvalue weighted by Crippen LogP contribution is 2.26. The van der Waals surface area contributed by atoms with Gasteiger partial charge < -0.3 is 9.73 Å². The molecule has 24 heavy (non-hydrogen) atoms. The first-order valence-electron chi connectivity index (χ1n) is 8.09. The first kappa shape index (κ1) is 16.3. The molecule has 4 heteroatoms. The molecule has 1 amide bonds. The van der Waals surface area contributed by atoms with Gasteiger partial charge in [0, 0.05) is 11.1 Å². The van der Waals surface area contributed by atoms with Gasteiger partial charge in [0.05, 0.1) is 12.6 Å². The third-order valence-corrected chi connectivity index (χ3v) is 4.33. The number of rotatable bonds is 5. The molecule has 1 atom stereocenters. The number of nitrogens with one attached hydrogen (secondary N) is 1. The van der Waals surface area contributed by atoms with Gasteiger partial charge in [-0.2, -0.15) is 0 Å². The SMILES string of the molecule is Cc1ccccc1NC(=O)CN(C)[C@@H](C)c1cc2ccccc2o1. The van der Waals surface area contributed by atoms with Gasteiger partial charge in [0.2, 0.25) is 5.91 Å². The van der Waals surface area contributed by atoms with E-state index in [9.17, 15) is 4.79 Å².